The van der Waals surface area contributed by atoms with Crippen molar-refractivity contribution in [3.63, 3.8) is 0 Å². The number of anilines is 2. The molecule has 0 aliphatic carbocycles. The fourth-order valence-electron chi connectivity index (χ4n) is 7.48. The van der Waals surface area contributed by atoms with Gasteiger partial charge in [-0.15, -0.1) is 0 Å². The third-order valence-electron chi connectivity index (χ3n) is 10.0. The van der Waals surface area contributed by atoms with Gasteiger partial charge in [-0.3, -0.25) is 0 Å². The fraction of sp³-hybridized carbons (Fsp3) is 0. The van der Waals surface area contributed by atoms with Crippen LogP contribution in [0.2, 0.25) is 0 Å². The Balaban J connectivity index is 0.876. The average molecular weight is 653 g/mol. The molecule has 3 heteroatoms. The smallest absolute Gasteiger partial charge is 0.143 e. The van der Waals surface area contributed by atoms with Crippen LogP contribution >= 0.6 is 0 Å². The molecule has 0 aliphatic rings. The second-order valence-electron chi connectivity index (χ2n) is 13.1. The summed E-state index contributed by atoms with van der Waals surface area (Å²) < 4.78 is 8.62. The van der Waals surface area contributed by atoms with Gasteiger partial charge in [0.15, 0.2) is 0 Å². The van der Waals surface area contributed by atoms with Crippen LogP contribution in [0.4, 0.5) is 11.4 Å². The van der Waals surface area contributed by atoms with E-state index in [2.05, 4.69) is 186 Å². The minimum atomic E-state index is 0.916. The minimum absolute atomic E-state index is 0.916. The Hall–Kier alpha value is -6.84. The summed E-state index contributed by atoms with van der Waals surface area (Å²) in [5.41, 5.74) is 14.6. The van der Waals surface area contributed by atoms with E-state index in [4.69, 9.17) is 4.42 Å². The summed E-state index contributed by atoms with van der Waals surface area (Å²) in [5.74, 6) is 0. The van der Waals surface area contributed by atoms with Gasteiger partial charge in [0.05, 0.1) is 11.0 Å². The predicted molar refractivity (Wildman–Crippen MR) is 214 cm³/mol. The van der Waals surface area contributed by atoms with Gasteiger partial charge in [0.25, 0.3) is 0 Å². The van der Waals surface area contributed by atoms with Crippen molar-refractivity contribution in [3.8, 4) is 39.1 Å². The molecule has 2 heterocycles. The van der Waals surface area contributed by atoms with E-state index >= 15 is 0 Å². The maximum absolute atomic E-state index is 6.27. The Labute approximate surface area is 295 Å². The van der Waals surface area contributed by atoms with Crippen LogP contribution in [0.1, 0.15) is 0 Å². The number of aromatic nitrogens is 1. The van der Waals surface area contributed by atoms with Crippen LogP contribution in [-0.2, 0) is 0 Å². The van der Waals surface area contributed by atoms with E-state index in [1.807, 2.05) is 12.1 Å². The maximum Gasteiger partial charge on any atom is 0.143 e. The molecule has 1 N–H and O–H groups in total. The van der Waals surface area contributed by atoms with Gasteiger partial charge in [0.2, 0.25) is 0 Å². The summed E-state index contributed by atoms with van der Waals surface area (Å²) in [6, 6.07) is 66.8. The van der Waals surface area contributed by atoms with Crippen LogP contribution in [-0.4, -0.2) is 4.57 Å². The molecule has 0 saturated carbocycles. The quantitative estimate of drug-likeness (QED) is 0.194. The van der Waals surface area contributed by atoms with Gasteiger partial charge in [0, 0.05) is 44.2 Å². The van der Waals surface area contributed by atoms with Crippen molar-refractivity contribution in [2.75, 3.05) is 5.32 Å². The van der Waals surface area contributed by atoms with E-state index in [9.17, 15) is 0 Å². The highest BCUT2D eigenvalue weighted by atomic mass is 16.3. The van der Waals surface area contributed by atoms with Gasteiger partial charge in [0.1, 0.15) is 11.2 Å². The standard InChI is InChI=1S/C48H32N2O/c1-2-9-39(10-3-1)50-45-15-6-4-11-41(45)44-31-36(25-30-46(44)50)34-19-17-32(18-20-34)33-21-26-37(27-22-33)49-38-28-23-35(24-29-38)40-13-8-14-43-42-12-5-7-16-47(42)51-48(40)43/h1-31,49H. The number of nitrogens with zero attached hydrogens (tertiary/aromatic N) is 1. The fourth-order valence-corrected chi connectivity index (χ4v) is 7.48. The van der Waals surface area contributed by atoms with Crippen LogP contribution in [0.5, 0.6) is 0 Å². The lowest BCUT2D eigenvalue weighted by Gasteiger charge is -2.10. The normalized spacial score (nSPS) is 11.5. The zero-order valence-corrected chi connectivity index (χ0v) is 27.8. The topological polar surface area (TPSA) is 30.1 Å². The van der Waals surface area contributed by atoms with Gasteiger partial charge in [-0.05, 0) is 88.5 Å². The monoisotopic (exact) mass is 652 g/mol. The molecule has 0 radical (unpaired) electrons. The zero-order valence-electron chi connectivity index (χ0n) is 27.8. The number of hydrogen-bond donors (Lipinski definition) is 1. The van der Waals surface area contributed by atoms with Crippen molar-refractivity contribution in [1.29, 1.82) is 0 Å². The van der Waals surface area contributed by atoms with Crippen molar-refractivity contribution in [2.45, 2.75) is 0 Å². The molecule has 0 unspecified atom stereocenters. The lowest BCUT2D eigenvalue weighted by Crippen LogP contribution is -1.92. The van der Waals surface area contributed by atoms with Crippen molar-refractivity contribution in [2.24, 2.45) is 0 Å². The molecule has 2 aromatic heterocycles. The Morgan fingerprint density at radius 3 is 1.67 bits per heavy atom. The van der Waals surface area contributed by atoms with Crippen molar-refractivity contribution < 1.29 is 4.42 Å². The lowest BCUT2D eigenvalue weighted by atomic mass is 9.99. The highest BCUT2D eigenvalue weighted by Crippen LogP contribution is 2.37. The van der Waals surface area contributed by atoms with Gasteiger partial charge >= 0.3 is 0 Å². The van der Waals surface area contributed by atoms with Crippen LogP contribution in [0.25, 0.3) is 82.8 Å². The van der Waals surface area contributed by atoms with E-state index in [1.54, 1.807) is 0 Å². The molecule has 0 fully saturated rings. The number of nitrogens with one attached hydrogen (secondary N) is 1. The molecule has 0 spiro atoms. The molecule has 3 nitrogen and oxygen atoms in total. The lowest BCUT2D eigenvalue weighted by molar-refractivity contribution is 0.670. The van der Waals surface area contributed by atoms with Crippen molar-refractivity contribution in [1.82, 2.24) is 4.57 Å². The van der Waals surface area contributed by atoms with E-state index < -0.39 is 0 Å². The predicted octanol–water partition coefficient (Wildman–Crippen LogP) is 13.4. The first-order valence-corrected chi connectivity index (χ1v) is 17.3. The summed E-state index contributed by atoms with van der Waals surface area (Å²) in [4.78, 5) is 0. The Morgan fingerprint density at radius 1 is 0.373 bits per heavy atom. The SMILES string of the molecule is c1ccc(-n2c3ccccc3c3cc(-c4ccc(-c5ccc(Nc6ccc(-c7cccc8c7oc7ccccc78)cc6)cc5)cc4)ccc32)cc1. The molecule has 240 valence electrons. The number of furan rings is 1. The Bertz CT molecular complexity index is 2840. The number of benzene rings is 8. The van der Waals surface area contributed by atoms with Crippen molar-refractivity contribution >= 4 is 55.1 Å². The number of fused-ring (bicyclic) bond motifs is 6. The van der Waals surface area contributed by atoms with Gasteiger partial charge < -0.3 is 14.3 Å². The largest absolute Gasteiger partial charge is 0.455 e. The van der Waals surface area contributed by atoms with E-state index in [0.717, 1.165) is 44.4 Å². The van der Waals surface area contributed by atoms with Crippen LogP contribution in [0.15, 0.2) is 192 Å². The summed E-state index contributed by atoms with van der Waals surface area (Å²) in [6.07, 6.45) is 0. The Morgan fingerprint density at radius 2 is 0.922 bits per heavy atom. The third kappa shape index (κ3) is 5.06. The third-order valence-corrected chi connectivity index (χ3v) is 10.0. The van der Waals surface area contributed by atoms with E-state index in [1.165, 1.54) is 49.7 Å². The number of rotatable bonds is 6. The summed E-state index contributed by atoms with van der Waals surface area (Å²) in [6.45, 7) is 0. The Kier molecular flexibility index (Phi) is 6.81. The minimum Gasteiger partial charge on any atom is -0.455 e. The molecule has 0 atom stereocenters. The molecule has 51 heavy (non-hydrogen) atoms. The van der Waals surface area contributed by atoms with Gasteiger partial charge in [-0.2, -0.15) is 0 Å². The molecular formula is C48H32N2O. The first-order valence-electron chi connectivity index (χ1n) is 17.3. The molecule has 10 rings (SSSR count). The van der Waals surface area contributed by atoms with Crippen LogP contribution in [0, 0.1) is 0 Å². The molecule has 0 aliphatic heterocycles. The van der Waals surface area contributed by atoms with Crippen LogP contribution < -0.4 is 5.32 Å². The summed E-state index contributed by atoms with van der Waals surface area (Å²) in [5, 5.41) is 8.38. The summed E-state index contributed by atoms with van der Waals surface area (Å²) in [7, 11) is 0. The molecule has 10 aromatic rings. The maximum atomic E-state index is 6.27. The molecule has 8 aromatic carbocycles. The average Bonchev–Trinajstić information content (AvgIpc) is 3.75. The van der Waals surface area contributed by atoms with Crippen LogP contribution in [0.3, 0.4) is 0 Å². The van der Waals surface area contributed by atoms with E-state index in [-0.39, 0.29) is 0 Å². The zero-order chi connectivity index (χ0) is 33.7. The molecule has 0 saturated heterocycles. The highest BCUT2D eigenvalue weighted by Gasteiger charge is 2.14. The first kappa shape index (κ1) is 29.1. The summed E-state index contributed by atoms with van der Waals surface area (Å²) >= 11 is 0. The number of hydrogen-bond acceptors (Lipinski definition) is 2. The van der Waals surface area contributed by atoms with E-state index in [0.29, 0.717) is 0 Å². The highest BCUT2D eigenvalue weighted by molar-refractivity contribution is 6.11. The van der Waals surface area contributed by atoms with Gasteiger partial charge in [-0.1, -0.05) is 127 Å². The number of para-hydroxylation sites is 4. The first-order chi connectivity index (χ1) is 25.3. The molecular weight excluding hydrogens is 621 g/mol. The second kappa shape index (κ2) is 11.9. The van der Waals surface area contributed by atoms with Gasteiger partial charge in [-0.25, -0.2) is 0 Å². The molecule has 0 amide bonds. The second-order valence-corrected chi connectivity index (χ2v) is 13.1. The molecule has 0 bridgehead atoms. The van der Waals surface area contributed by atoms with Crippen molar-refractivity contribution in [3.05, 3.63) is 188 Å².